The van der Waals surface area contributed by atoms with Gasteiger partial charge in [0.1, 0.15) is 0 Å². The van der Waals surface area contributed by atoms with Gasteiger partial charge in [-0.1, -0.05) is 11.6 Å². The maximum absolute atomic E-state index is 12.4. The maximum atomic E-state index is 12.4. The molecule has 1 N–H and O–H groups in total. The summed E-state index contributed by atoms with van der Waals surface area (Å²) >= 11 is 7.38. The van der Waals surface area contributed by atoms with Gasteiger partial charge in [0.25, 0.3) is 5.91 Å². The van der Waals surface area contributed by atoms with Crippen LogP contribution in [0, 0.1) is 13.8 Å². The molecule has 0 saturated heterocycles. The van der Waals surface area contributed by atoms with Gasteiger partial charge in [0.05, 0.1) is 21.2 Å². The van der Waals surface area contributed by atoms with E-state index in [9.17, 15) is 13.2 Å². The fraction of sp³-hybridized carbons (Fsp3) is 0.286. The number of nitrogens with one attached hydrogen (secondary N) is 1. The van der Waals surface area contributed by atoms with Gasteiger partial charge in [0.15, 0.2) is 5.13 Å². The highest BCUT2D eigenvalue weighted by Gasteiger charge is 2.21. The minimum absolute atomic E-state index is 0.00329. The second-order valence-electron chi connectivity index (χ2n) is 5.04. The Balaban J connectivity index is 2.37. The van der Waals surface area contributed by atoms with Gasteiger partial charge >= 0.3 is 0 Å². The summed E-state index contributed by atoms with van der Waals surface area (Å²) in [5.41, 5.74) is 0.917. The molecule has 0 unspecified atom stereocenters. The number of thiazole rings is 1. The molecular formula is C14H16ClN3O3S2. The van der Waals surface area contributed by atoms with Crippen LogP contribution >= 0.6 is 22.9 Å². The summed E-state index contributed by atoms with van der Waals surface area (Å²) < 4.78 is 25.4. The number of sulfonamides is 1. The topological polar surface area (TPSA) is 79.4 Å². The number of carbonyl (C=O) groups excluding carboxylic acids is 1. The molecule has 1 aromatic heterocycles. The molecule has 0 aliphatic heterocycles. The van der Waals surface area contributed by atoms with E-state index in [1.165, 1.54) is 43.6 Å². The first-order valence-electron chi connectivity index (χ1n) is 6.60. The monoisotopic (exact) mass is 373 g/mol. The van der Waals surface area contributed by atoms with Gasteiger partial charge in [0, 0.05) is 19.0 Å². The summed E-state index contributed by atoms with van der Waals surface area (Å²) in [6, 6.07) is 4.03. The Morgan fingerprint density at radius 2 is 1.96 bits per heavy atom. The zero-order valence-electron chi connectivity index (χ0n) is 13.0. The number of amides is 1. The maximum Gasteiger partial charge on any atom is 0.259 e. The zero-order valence-corrected chi connectivity index (χ0v) is 15.4. The first kappa shape index (κ1) is 17.9. The fourth-order valence-corrected chi connectivity index (χ4v) is 3.68. The number of halogens is 1. The Bertz CT molecular complexity index is 841. The van der Waals surface area contributed by atoms with E-state index in [1.54, 1.807) is 0 Å². The molecule has 0 aliphatic carbocycles. The van der Waals surface area contributed by atoms with Crippen LogP contribution in [0.5, 0.6) is 0 Å². The third kappa shape index (κ3) is 3.72. The molecule has 9 heteroatoms. The summed E-state index contributed by atoms with van der Waals surface area (Å²) in [6.07, 6.45) is 0. The first-order chi connectivity index (χ1) is 10.6. The van der Waals surface area contributed by atoms with Crippen LogP contribution in [0.1, 0.15) is 20.9 Å². The third-order valence-electron chi connectivity index (χ3n) is 3.21. The van der Waals surface area contributed by atoms with Crippen LogP contribution in [0.4, 0.5) is 5.13 Å². The number of aromatic nitrogens is 1. The van der Waals surface area contributed by atoms with E-state index in [1.807, 2.05) is 13.8 Å². The van der Waals surface area contributed by atoms with Crippen LogP contribution in [-0.4, -0.2) is 37.7 Å². The smallest absolute Gasteiger partial charge is 0.259 e. The number of rotatable bonds is 4. The summed E-state index contributed by atoms with van der Waals surface area (Å²) in [6.45, 7) is 3.75. The van der Waals surface area contributed by atoms with Crippen molar-refractivity contribution < 1.29 is 13.2 Å². The molecule has 23 heavy (non-hydrogen) atoms. The average Bonchev–Trinajstić information content (AvgIpc) is 2.77. The molecular weight excluding hydrogens is 358 g/mol. The summed E-state index contributed by atoms with van der Waals surface area (Å²) in [5.74, 6) is -0.500. The number of hydrogen-bond acceptors (Lipinski definition) is 5. The SMILES string of the molecule is Cc1nc(NC(=O)c2cc(S(=O)(=O)N(C)C)ccc2Cl)sc1C. The fourth-order valence-electron chi connectivity index (χ4n) is 1.74. The summed E-state index contributed by atoms with van der Waals surface area (Å²) in [5, 5.41) is 3.26. The zero-order chi connectivity index (χ0) is 17.4. The standard InChI is InChI=1S/C14H16ClN3O3S2/c1-8-9(2)22-14(16-8)17-13(19)11-7-10(5-6-12(11)15)23(20,21)18(3)4/h5-7H,1-4H3,(H,16,17,19). The van der Waals surface area contributed by atoms with Crippen LogP contribution in [0.25, 0.3) is 0 Å². The van der Waals surface area contributed by atoms with Gasteiger partial charge in [-0.2, -0.15) is 0 Å². The second kappa shape index (κ2) is 6.56. The van der Waals surface area contributed by atoms with Crippen molar-refractivity contribution in [1.82, 2.24) is 9.29 Å². The number of carbonyl (C=O) groups is 1. The van der Waals surface area contributed by atoms with Crippen molar-refractivity contribution in [3.8, 4) is 0 Å². The van der Waals surface area contributed by atoms with E-state index >= 15 is 0 Å². The highest BCUT2D eigenvalue weighted by molar-refractivity contribution is 7.89. The van der Waals surface area contributed by atoms with Crippen molar-refractivity contribution >= 4 is 44.0 Å². The highest BCUT2D eigenvalue weighted by atomic mass is 35.5. The Labute approximate surface area is 144 Å². The van der Waals surface area contributed by atoms with Gasteiger partial charge in [0.2, 0.25) is 10.0 Å². The Morgan fingerprint density at radius 3 is 2.48 bits per heavy atom. The lowest BCUT2D eigenvalue weighted by molar-refractivity contribution is 0.102. The number of benzene rings is 1. The van der Waals surface area contributed by atoms with E-state index in [0.29, 0.717) is 5.13 Å². The predicted molar refractivity (Wildman–Crippen MR) is 91.9 cm³/mol. The molecule has 0 atom stereocenters. The Hall–Kier alpha value is -1.48. The number of hydrogen-bond donors (Lipinski definition) is 1. The molecule has 2 aromatic rings. The normalized spacial score (nSPS) is 11.7. The van der Waals surface area contributed by atoms with Crippen molar-refractivity contribution in [3.05, 3.63) is 39.4 Å². The quantitative estimate of drug-likeness (QED) is 0.893. The van der Waals surface area contributed by atoms with Crippen LogP contribution in [0.3, 0.4) is 0 Å². The molecule has 0 spiro atoms. The highest BCUT2D eigenvalue weighted by Crippen LogP contribution is 2.25. The van der Waals surface area contributed by atoms with E-state index in [2.05, 4.69) is 10.3 Å². The molecule has 6 nitrogen and oxygen atoms in total. The van der Waals surface area contributed by atoms with Gasteiger partial charge in [-0.15, -0.1) is 11.3 Å². The van der Waals surface area contributed by atoms with E-state index in [-0.39, 0.29) is 15.5 Å². The third-order valence-corrected chi connectivity index (χ3v) is 6.34. The van der Waals surface area contributed by atoms with Crippen LogP contribution in [-0.2, 0) is 10.0 Å². The second-order valence-corrected chi connectivity index (χ2v) is 8.81. The molecule has 0 radical (unpaired) electrons. The molecule has 0 aliphatic rings. The lowest BCUT2D eigenvalue weighted by Crippen LogP contribution is -2.23. The average molecular weight is 374 g/mol. The molecule has 0 saturated carbocycles. The van der Waals surface area contributed by atoms with Crippen molar-refractivity contribution in [2.75, 3.05) is 19.4 Å². The molecule has 124 valence electrons. The van der Waals surface area contributed by atoms with Crippen molar-refractivity contribution in [2.45, 2.75) is 18.7 Å². The van der Waals surface area contributed by atoms with Crippen LogP contribution in [0.2, 0.25) is 5.02 Å². The Morgan fingerprint density at radius 1 is 1.30 bits per heavy atom. The molecule has 1 aromatic carbocycles. The Kier molecular flexibility index (Phi) is 5.10. The lowest BCUT2D eigenvalue weighted by Gasteiger charge is -2.13. The predicted octanol–water partition coefficient (Wildman–Crippen LogP) is 2.92. The lowest BCUT2D eigenvalue weighted by atomic mass is 10.2. The van der Waals surface area contributed by atoms with Gasteiger partial charge < -0.3 is 0 Å². The number of nitrogens with zero attached hydrogens (tertiary/aromatic N) is 2. The van der Waals surface area contributed by atoms with Crippen LogP contribution < -0.4 is 5.32 Å². The summed E-state index contributed by atoms with van der Waals surface area (Å²) in [7, 11) is -0.801. The van der Waals surface area contributed by atoms with E-state index in [0.717, 1.165) is 14.9 Å². The largest absolute Gasteiger partial charge is 0.298 e. The molecule has 2 rings (SSSR count). The van der Waals surface area contributed by atoms with Crippen LogP contribution in [0.15, 0.2) is 23.1 Å². The number of anilines is 1. The minimum atomic E-state index is -3.64. The molecule has 0 fully saturated rings. The van der Waals surface area contributed by atoms with E-state index in [4.69, 9.17) is 11.6 Å². The van der Waals surface area contributed by atoms with Gasteiger partial charge in [-0.3, -0.25) is 10.1 Å². The van der Waals surface area contributed by atoms with Gasteiger partial charge in [-0.25, -0.2) is 17.7 Å². The molecule has 1 heterocycles. The minimum Gasteiger partial charge on any atom is -0.298 e. The summed E-state index contributed by atoms with van der Waals surface area (Å²) in [4.78, 5) is 17.6. The molecule has 0 bridgehead atoms. The van der Waals surface area contributed by atoms with Gasteiger partial charge in [-0.05, 0) is 32.0 Å². The van der Waals surface area contributed by atoms with E-state index < -0.39 is 15.9 Å². The van der Waals surface area contributed by atoms with Crippen molar-refractivity contribution in [3.63, 3.8) is 0 Å². The first-order valence-corrected chi connectivity index (χ1v) is 9.24. The van der Waals surface area contributed by atoms with Crippen molar-refractivity contribution in [2.24, 2.45) is 0 Å². The van der Waals surface area contributed by atoms with Crippen molar-refractivity contribution in [1.29, 1.82) is 0 Å². The number of aryl methyl sites for hydroxylation is 2. The molecule has 1 amide bonds.